The van der Waals surface area contributed by atoms with Gasteiger partial charge in [0.15, 0.2) is 11.6 Å². The Morgan fingerprint density at radius 1 is 1.14 bits per heavy atom. The molecule has 3 aromatic rings. The molecule has 0 saturated heterocycles. The highest BCUT2D eigenvalue weighted by atomic mass is 35.5. The average Bonchev–Trinajstić information content (AvgIpc) is 2.94. The Morgan fingerprint density at radius 2 is 1.90 bits per heavy atom. The summed E-state index contributed by atoms with van der Waals surface area (Å²) in [5.74, 6) is -3.00. The summed E-state index contributed by atoms with van der Waals surface area (Å²) in [4.78, 5) is 22.6. The van der Waals surface area contributed by atoms with Crippen LogP contribution >= 0.6 is 11.6 Å². The summed E-state index contributed by atoms with van der Waals surface area (Å²) in [7, 11) is -3.10. The number of carboxylic acids is 1. The Labute approximate surface area is 246 Å². The number of sulfonamides is 1. The lowest BCUT2D eigenvalue weighted by atomic mass is 10.0. The average molecular weight is 621 g/mol. The van der Waals surface area contributed by atoms with E-state index in [-0.39, 0.29) is 58.6 Å². The zero-order valence-corrected chi connectivity index (χ0v) is 24.1. The number of fused-ring (bicyclic) bond motifs is 1. The lowest BCUT2D eigenvalue weighted by Gasteiger charge is -2.35. The lowest BCUT2D eigenvalue weighted by Crippen LogP contribution is -2.48. The molecule has 0 aliphatic carbocycles. The number of methoxy groups -OCH3 is 1. The van der Waals surface area contributed by atoms with Crippen LogP contribution in [0.3, 0.4) is 0 Å². The monoisotopic (exact) mass is 620 g/mol. The number of carboxylic acid groups (broad SMARTS) is 1. The topological polar surface area (TPSA) is 122 Å². The van der Waals surface area contributed by atoms with Gasteiger partial charge >= 0.3 is 5.97 Å². The molecule has 2 N–H and O–H groups in total. The molecule has 1 aliphatic rings. The van der Waals surface area contributed by atoms with Gasteiger partial charge in [0, 0.05) is 18.1 Å². The zero-order chi connectivity index (χ0) is 30.6. The maximum absolute atomic E-state index is 14.5. The highest BCUT2D eigenvalue weighted by molar-refractivity contribution is 7.92. The number of carbonyl (C=O) groups is 2. The van der Waals surface area contributed by atoms with E-state index in [0.29, 0.717) is 11.1 Å². The van der Waals surface area contributed by atoms with E-state index < -0.39 is 39.6 Å². The summed E-state index contributed by atoms with van der Waals surface area (Å²) in [6, 6.07) is 12.2. The van der Waals surface area contributed by atoms with Gasteiger partial charge in [0.1, 0.15) is 17.7 Å². The van der Waals surface area contributed by atoms with Crippen molar-refractivity contribution in [3.63, 3.8) is 0 Å². The predicted octanol–water partition coefficient (Wildman–Crippen LogP) is 5.12. The van der Waals surface area contributed by atoms with E-state index in [9.17, 15) is 26.8 Å². The van der Waals surface area contributed by atoms with E-state index in [2.05, 4.69) is 5.32 Å². The van der Waals surface area contributed by atoms with Crippen molar-refractivity contribution in [1.29, 1.82) is 0 Å². The summed E-state index contributed by atoms with van der Waals surface area (Å²) in [6.45, 7) is 1.32. The Hall–Kier alpha value is -4.16. The fourth-order valence-electron chi connectivity index (χ4n) is 4.41. The number of benzene rings is 3. The summed E-state index contributed by atoms with van der Waals surface area (Å²) >= 11 is 6.21. The summed E-state index contributed by atoms with van der Waals surface area (Å²) < 4.78 is 68.4. The van der Waals surface area contributed by atoms with Gasteiger partial charge in [-0.1, -0.05) is 29.8 Å². The first-order valence-corrected chi connectivity index (χ1v) is 14.5. The van der Waals surface area contributed by atoms with Gasteiger partial charge in [0.25, 0.3) is 10.0 Å². The van der Waals surface area contributed by atoms with Gasteiger partial charge in [-0.3, -0.25) is 13.9 Å². The van der Waals surface area contributed by atoms with Crippen LogP contribution in [0, 0.1) is 11.6 Å². The molecule has 1 unspecified atom stereocenters. The molecular formula is C29H27ClF2N2O7S. The molecule has 0 bridgehead atoms. The number of hydrogen-bond donors (Lipinski definition) is 2. The number of halogens is 3. The minimum absolute atomic E-state index is 0.108. The number of aliphatic carboxylic acids is 1. The lowest BCUT2D eigenvalue weighted by molar-refractivity contribution is -0.138. The highest BCUT2D eigenvalue weighted by Crippen LogP contribution is 2.39. The van der Waals surface area contributed by atoms with Crippen molar-refractivity contribution in [2.75, 3.05) is 24.5 Å². The largest absolute Gasteiger partial charge is 0.494 e. The van der Waals surface area contributed by atoms with Gasteiger partial charge in [-0.15, -0.1) is 0 Å². The number of nitrogens with one attached hydrogen (secondary N) is 1. The van der Waals surface area contributed by atoms with Gasteiger partial charge in [0.05, 0.1) is 42.2 Å². The molecule has 0 aromatic heterocycles. The molecule has 222 valence electrons. The molecule has 42 heavy (non-hydrogen) atoms. The second kappa shape index (κ2) is 12.8. The standard InChI is InChI=1S/C29H27ClF2N2O7S/c1-17(29-21(30)4-3-5-23(29)32)12-18-6-9-25-24(13-18)34(16-19(41-25)15-33-27(35)10-11-28(36)37)42(38,39)20-7-8-22(31)26(14-20)40-2/h3-9,12-14,19H,10-11,15-16H2,1-2H3,(H,33,35)(H,36,37). The highest BCUT2D eigenvalue weighted by Gasteiger charge is 2.35. The molecule has 1 amide bonds. The van der Waals surface area contributed by atoms with Crippen LogP contribution in [-0.2, 0) is 19.6 Å². The van der Waals surface area contributed by atoms with Crippen molar-refractivity contribution < 1.29 is 41.4 Å². The number of amides is 1. The van der Waals surface area contributed by atoms with Crippen LogP contribution in [-0.4, -0.2) is 51.7 Å². The third kappa shape index (κ3) is 6.82. The van der Waals surface area contributed by atoms with Gasteiger partial charge < -0.3 is 19.9 Å². The number of allylic oxidation sites excluding steroid dienone is 1. The van der Waals surface area contributed by atoms with Crippen molar-refractivity contribution in [3.8, 4) is 11.5 Å². The summed E-state index contributed by atoms with van der Waals surface area (Å²) in [5, 5.41) is 11.6. The maximum Gasteiger partial charge on any atom is 0.303 e. The van der Waals surface area contributed by atoms with Gasteiger partial charge in [-0.2, -0.15) is 0 Å². The molecule has 0 fully saturated rings. The van der Waals surface area contributed by atoms with Crippen molar-refractivity contribution in [2.45, 2.75) is 30.8 Å². The SMILES string of the molecule is COc1cc(S(=O)(=O)N2CC(CNC(=O)CCC(=O)O)Oc3ccc(C=C(C)c4c(F)cccc4Cl)cc32)ccc1F. The number of carbonyl (C=O) groups excluding carboxylic acids is 1. The summed E-state index contributed by atoms with van der Waals surface area (Å²) in [6.07, 6.45) is 0.187. The number of nitrogens with zero attached hydrogens (tertiary/aromatic N) is 1. The van der Waals surface area contributed by atoms with Gasteiger partial charge in [-0.05, 0) is 54.5 Å². The predicted molar refractivity (Wildman–Crippen MR) is 153 cm³/mol. The molecule has 0 spiro atoms. The molecule has 1 heterocycles. The van der Waals surface area contributed by atoms with Crippen molar-refractivity contribution in [1.82, 2.24) is 5.32 Å². The first-order valence-electron chi connectivity index (χ1n) is 12.7. The Morgan fingerprint density at radius 3 is 2.60 bits per heavy atom. The second-order valence-corrected chi connectivity index (χ2v) is 11.7. The number of anilines is 1. The van der Waals surface area contributed by atoms with E-state index in [1.54, 1.807) is 37.3 Å². The third-order valence-corrected chi connectivity index (χ3v) is 8.55. The fourth-order valence-corrected chi connectivity index (χ4v) is 6.24. The van der Waals surface area contributed by atoms with Crippen LogP contribution in [0.4, 0.5) is 14.5 Å². The van der Waals surface area contributed by atoms with Crippen LogP contribution in [0.15, 0.2) is 59.5 Å². The smallest absolute Gasteiger partial charge is 0.303 e. The molecule has 0 saturated carbocycles. The Bertz CT molecular complexity index is 1640. The molecule has 3 aromatic carbocycles. The minimum Gasteiger partial charge on any atom is -0.494 e. The van der Waals surface area contributed by atoms with E-state index in [4.69, 9.17) is 26.2 Å². The number of hydrogen-bond acceptors (Lipinski definition) is 6. The maximum atomic E-state index is 14.5. The van der Waals surface area contributed by atoms with Crippen molar-refractivity contribution >= 4 is 50.8 Å². The van der Waals surface area contributed by atoms with E-state index in [1.165, 1.54) is 19.2 Å². The normalized spacial score (nSPS) is 15.0. The molecule has 0 radical (unpaired) electrons. The van der Waals surface area contributed by atoms with Crippen LogP contribution < -0.4 is 19.1 Å². The molecule has 9 nitrogen and oxygen atoms in total. The third-order valence-electron chi connectivity index (χ3n) is 6.46. The molecule has 1 aliphatic heterocycles. The first kappa shape index (κ1) is 30.8. The molecular weight excluding hydrogens is 594 g/mol. The van der Waals surface area contributed by atoms with E-state index in [1.807, 2.05) is 0 Å². The minimum atomic E-state index is -4.31. The van der Waals surface area contributed by atoms with Gasteiger partial charge in [-0.25, -0.2) is 17.2 Å². The molecule has 4 rings (SSSR count). The van der Waals surface area contributed by atoms with E-state index in [0.717, 1.165) is 22.5 Å². The van der Waals surface area contributed by atoms with Crippen molar-refractivity contribution in [3.05, 3.63) is 82.4 Å². The van der Waals surface area contributed by atoms with Crippen molar-refractivity contribution in [2.24, 2.45) is 0 Å². The van der Waals surface area contributed by atoms with Crippen LogP contribution in [0.2, 0.25) is 5.02 Å². The van der Waals surface area contributed by atoms with Crippen LogP contribution in [0.25, 0.3) is 11.6 Å². The summed E-state index contributed by atoms with van der Waals surface area (Å²) in [5.41, 5.74) is 1.38. The van der Waals surface area contributed by atoms with Crippen LogP contribution in [0.5, 0.6) is 11.5 Å². The first-order chi connectivity index (χ1) is 19.9. The van der Waals surface area contributed by atoms with Crippen LogP contribution in [0.1, 0.15) is 30.9 Å². The molecule has 1 atom stereocenters. The van der Waals surface area contributed by atoms with E-state index >= 15 is 0 Å². The number of ether oxygens (including phenoxy) is 2. The zero-order valence-electron chi connectivity index (χ0n) is 22.6. The van der Waals surface area contributed by atoms with Gasteiger partial charge in [0.2, 0.25) is 5.91 Å². The number of rotatable bonds is 10. The Kier molecular flexibility index (Phi) is 9.37. The second-order valence-electron chi connectivity index (χ2n) is 9.42. The molecule has 13 heteroatoms. The fraction of sp³-hybridized carbons (Fsp3) is 0.241. The Balaban J connectivity index is 1.72. The quantitative estimate of drug-likeness (QED) is 0.302.